The number of imidazole rings is 1. The molecule has 0 aliphatic rings. The largest absolute Gasteiger partial charge is 0.381 e. The van der Waals surface area contributed by atoms with Crippen LogP contribution in [0.1, 0.15) is 5.56 Å². The van der Waals surface area contributed by atoms with Gasteiger partial charge in [0, 0.05) is 12.2 Å². The third kappa shape index (κ3) is 2.94. The number of nitrogens with one attached hydrogen (secondary N) is 3. The fourth-order valence-electron chi connectivity index (χ4n) is 2.79. The maximum absolute atomic E-state index is 11.3. The molecule has 0 aliphatic heterocycles. The van der Waals surface area contributed by atoms with Gasteiger partial charge in [-0.1, -0.05) is 54.6 Å². The first kappa shape index (κ1) is 14.3. The van der Waals surface area contributed by atoms with Crippen LogP contribution in [0.3, 0.4) is 0 Å². The molecule has 4 nitrogen and oxygen atoms in total. The van der Waals surface area contributed by atoms with Crippen LogP contribution in [-0.2, 0) is 6.54 Å². The molecule has 0 radical (unpaired) electrons. The summed E-state index contributed by atoms with van der Waals surface area (Å²) < 4.78 is 0. The molecule has 4 heteroatoms. The highest BCUT2D eigenvalue weighted by Crippen LogP contribution is 2.20. The Balaban J connectivity index is 1.47. The fraction of sp³-hybridized carbons (Fsp3) is 0.0500. The van der Waals surface area contributed by atoms with Crippen LogP contribution in [0.5, 0.6) is 0 Å². The molecule has 1 aromatic heterocycles. The van der Waals surface area contributed by atoms with Crippen molar-refractivity contribution in [2.24, 2.45) is 0 Å². The number of benzene rings is 3. The first-order valence-corrected chi connectivity index (χ1v) is 7.88. The van der Waals surface area contributed by atoms with E-state index in [2.05, 4.69) is 51.7 Å². The highest BCUT2D eigenvalue weighted by Gasteiger charge is 2.01. The average Bonchev–Trinajstić information content (AvgIpc) is 3.00. The van der Waals surface area contributed by atoms with Gasteiger partial charge in [-0.25, -0.2) is 4.79 Å². The molecule has 0 amide bonds. The van der Waals surface area contributed by atoms with Crippen molar-refractivity contribution in [3.05, 3.63) is 88.8 Å². The number of fused-ring (bicyclic) bond motifs is 1. The molecular weight excluding hydrogens is 298 g/mol. The Morgan fingerprint density at radius 3 is 2.25 bits per heavy atom. The summed E-state index contributed by atoms with van der Waals surface area (Å²) in [5.74, 6) is 0. The van der Waals surface area contributed by atoms with E-state index in [9.17, 15) is 4.79 Å². The molecule has 4 aromatic rings. The second-order valence-electron chi connectivity index (χ2n) is 5.76. The van der Waals surface area contributed by atoms with Crippen molar-refractivity contribution in [3.8, 4) is 11.1 Å². The Morgan fingerprint density at radius 1 is 0.750 bits per heavy atom. The van der Waals surface area contributed by atoms with Crippen LogP contribution in [0, 0.1) is 0 Å². The highest BCUT2D eigenvalue weighted by atomic mass is 16.1. The van der Waals surface area contributed by atoms with Crippen molar-refractivity contribution in [1.82, 2.24) is 9.97 Å². The predicted octanol–water partition coefficient (Wildman–Crippen LogP) is 4.14. The lowest BCUT2D eigenvalue weighted by molar-refractivity contribution is 1.15. The first-order chi connectivity index (χ1) is 11.8. The molecule has 3 aromatic carbocycles. The zero-order valence-electron chi connectivity index (χ0n) is 13.0. The van der Waals surface area contributed by atoms with Gasteiger partial charge in [-0.3, -0.25) is 0 Å². The Bertz CT molecular complexity index is 1010. The average molecular weight is 315 g/mol. The molecule has 0 saturated carbocycles. The van der Waals surface area contributed by atoms with Crippen LogP contribution < -0.4 is 11.0 Å². The van der Waals surface area contributed by atoms with Crippen LogP contribution in [0.2, 0.25) is 0 Å². The Kier molecular flexibility index (Phi) is 3.63. The van der Waals surface area contributed by atoms with Crippen molar-refractivity contribution in [3.63, 3.8) is 0 Å². The van der Waals surface area contributed by atoms with Gasteiger partial charge >= 0.3 is 5.69 Å². The van der Waals surface area contributed by atoms with E-state index in [4.69, 9.17) is 0 Å². The van der Waals surface area contributed by atoms with Crippen molar-refractivity contribution in [2.45, 2.75) is 6.54 Å². The van der Waals surface area contributed by atoms with Crippen LogP contribution in [0.15, 0.2) is 77.6 Å². The predicted molar refractivity (Wildman–Crippen MR) is 98.1 cm³/mol. The molecule has 118 valence electrons. The van der Waals surface area contributed by atoms with E-state index >= 15 is 0 Å². The Labute approximate surface area is 139 Å². The minimum atomic E-state index is -0.182. The lowest BCUT2D eigenvalue weighted by atomic mass is 10.0. The van der Waals surface area contributed by atoms with E-state index in [1.165, 1.54) is 16.7 Å². The van der Waals surface area contributed by atoms with Gasteiger partial charge in [0.05, 0.1) is 11.0 Å². The van der Waals surface area contributed by atoms with Gasteiger partial charge < -0.3 is 15.3 Å². The summed E-state index contributed by atoms with van der Waals surface area (Å²) in [4.78, 5) is 16.8. The van der Waals surface area contributed by atoms with Gasteiger partial charge in [-0.05, 0) is 34.9 Å². The molecule has 24 heavy (non-hydrogen) atoms. The molecule has 4 rings (SSSR count). The molecular formula is C20H17N3O. The summed E-state index contributed by atoms with van der Waals surface area (Å²) in [6.45, 7) is 0.731. The smallest absolute Gasteiger partial charge is 0.323 e. The standard InChI is InChI=1S/C20H17N3O/c24-20-22-18-11-10-17(12-19(18)23-20)21-13-14-6-8-16(9-7-14)15-4-2-1-3-5-15/h1-12,21H,13H2,(H2,22,23,24). The monoisotopic (exact) mass is 315 g/mol. The third-order valence-electron chi connectivity index (χ3n) is 4.07. The second kappa shape index (κ2) is 6.08. The maximum Gasteiger partial charge on any atom is 0.323 e. The molecule has 0 saturated heterocycles. The lowest BCUT2D eigenvalue weighted by Crippen LogP contribution is -1.99. The van der Waals surface area contributed by atoms with Crippen molar-refractivity contribution < 1.29 is 0 Å². The van der Waals surface area contributed by atoms with Crippen LogP contribution in [0.4, 0.5) is 5.69 Å². The van der Waals surface area contributed by atoms with Gasteiger partial charge in [0.1, 0.15) is 0 Å². The summed E-state index contributed by atoms with van der Waals surface area (Å²) in [5.41, 5.74) is 6.06. The van der Waals surface area contributed by atoms with E-state index in [0.29, 0.717) is 0 Å². The van der Waals surface area contributed by atoms with E-state index in [1.54, 1.807) is 0 Å². The number of H-pyrrole nitrogens is 2. The summed E-state index contributed by atoms with van der Waals surface area (Å²) in [6, 6.07) is 24.7. The molecule has 0 spiro atoms. The molecule has 1 heterocycles. The van der Waals surface area contributed by atoms with Crippen LogP contribution in [-0.4, -0.2) is 9.97 Å². The van der Waals surface area contributed by atoms with Crippen molar-refractivity contribution in [2.75, 3.05) is 5.32 Å². The first-order valence-electron chi connectivity index (χ1n) is 7.88. The summed E-state index contributed by atoms with van der Waals surface area (Å²) in [6.07, 6.45) is 0. The molecule has 0 atom stereocenters. The van der Waals surface area contributed by atoms with Crippen molar-refractivity contribution in [1.29, 1.82) is 0 Å². The Hall–Kier alpha value is -3.27. The highest BCUT2D eigenvalue weighted by molar-refractivity contribution is 5.78. The van der Waals surface area contributed by atoms with Gasteiger partial charge in [-0.15, -0.1) is 0 Å². The van der Waals surface area contributed by atoms with Crippen LogP contribution in [0.25, 0.3) is 22.2 Å². The van der Waals surface area contributed by atoms with Crippen LogP contribution >= 0.6 is 0 Å². The molecule has 3 N–H and O–H groups in total. The maximum atomic E-state index is 11.3. The molecule has 0 aliphatic carbocycles. The SMILES string of the molecule is O=c1[nH]c2ccc(NCc3ccc(-c4ccccc4)cc3)cc2[nH]1. The number of aromatic amines is 2. The van der Waals surface area contributed by atoms with E-state index < -0.39 is 0 Å². The zero-order valence-corrected chi connectivity index (χ0v) is 13.0. The van der Waals surface area contributed by atoms with E-state index in [-0.39, 0.29) is 5.69 Å². The van der Waals surface area contributed by atoms with E-state index in [1.807, 2.05) is 36.4 Å². The van der Waals surface area contributed by atoms with Gasteiger partial charge in [0.15, 0.2) is 0 Å². The zero-order chi connectivity index (χ0) is 16.4. The number of hydrogen-bond donors (Lipinski definition) is 3. The quantitative estimate of drug-likeness (QED) is 0.530. The second-order valence-corrected chi connectivity index (χ2v) is 5.76. The summed E-state index contributed by atoms with van der Waals surface area (Å²) in [5, 5.41) is 3.39. The lowest BCUT2D eigenvalue weighted by Gasteiger charge is -2.08. The minimum absolute atomic E-state index is 0.182. The topological polar surface area (TPSA) is 60.7 Å². The molecule has 0 unspecified atom stereocenters. The fourth-order valence-corrected chi connectivity index (χ4v) is 2.79. The minimum Gasteiger partial charge on any atom is -0.381 e. The summed E-state index contributed by atoms with van der Waals surface area (Å²) in [7, 11) is 0. The summed E-state index contributed by atoms with van der Waals surface area (Å²) >= 11 is 0. The number of rotatable bonds is 4. The van der Waals surface area contributed by atoms with E-state index in [0.717, 1.165) is 23.3 Å². The van der Waals surface area contributed by atoms with Gasteiger partial charge in [0.25, 0.3) is 0 Å². The number of hydrogen-bond acceptors (Lipinski definition) is 2. The molecule has 0 fully saturated rings. The molecule has 0 bridgehead atoms. The van der Waals surface area contributed by atoms with Gasteiger partial charge in [0.2, 0.25) is 0 Å². The Morgan fingerprint density at radius 2 is 1.46 bits per heavy atom. The number of aromatic nitrogens is 2. The number of anilines is 1. The van der Waals surface area contributed by atoms with Crippen molar-refractivity contribution >= 4 is 16.7 Å². The third-order valence-corrected chi connectivity index (χ3v) is 4.07. The normalized spacial score (nSPS) is 10.8. The van der Waals surface area contributed by atoms with Gasteiger partial charge in [-0.2, -0.15) is 0 Å².